The Morgan fingerprint density at radius 3 is 2.23 bits per heavy atom. The topological polar surface area (TPSA) is 185 Å². The lowest BCUT2D eigenvalue weighted by molar-refractivity contribution is -0.0585. The molecule has 2 aromatic heterocycles. The van der Waals surface area contributed by atoms with Gasteiger partial charge >= 0.3 is 7.82 Å². The van der Waals surface area contributed by atoms with Crippen molar-refractivity contribution < 1.29 is 42.2 Å². The summed E-state index contributed by atoms with van der Waals surface area (Å²) in [6, 6.07) is 9.68. The molecule has 0 spiro atoms. The van der Waals surface area contributed by atoms with Crippen LogP contribution in [0.15, 0.2) is 36.7 Å². The summed E-state index contributed by atoms with van der Waals surface area (Å²) >= 11 is 0. The van der Waals surface area contributed by atoms with E-state index in [2.05, 4.69) is 27.2 Å². The molecule has 0 saturated carbocycles. The number of anilines is 2. The Bertz CT molecular complexity index is 1590. The van der Waals surface area contributed by atoms with Gasteiger partial charge in [0.05, 0.1) is 32.3 Å². The third kappa shape index (κ3) is 14.9. The summed E-state index contributed by atoms with van der Waals surface area (Å²) in [6.45, 7) is 4.68. The van der Waals surface area contributed by atoms with Gasteiger partial charge in [-0.25, -0.2) is 13.9 Å². The molecule has 0 radical (unpaired) electrons. The Morgan fingerprint density at radius 2 is 1.59 bits per heavy atom. The van der Waals surface area contributed by atoms with Crippen LogP contribution in [0.5, 0.6) is 0 Å². The first-order valence-corrected chi connectivity index (χ1v) is 22.1. The second-order valence-electron chi connectivity index (χ2n) is 15.0. The summed E-state index contributed by atoms with van der Waals surface area (Å²) in [5.41, 5.74) is 4.98. The highest BCUT2D eigenvalue weighted by Crippen LogP contribution is 2.47. The summed E-state index contributed by atoms with van der Waals surface area (Å²) < 4.78 is 58.7. The molecule has 1 saturated heterocycles. The van der Waals surface area contributed by atoms with Gasteiger partial charge in [-0.05, 0) is 31.7 Å². The quantitative estimate of drug-likeness (QED) is 0.0372. The first-order valence-electron chi connectivity index (χ1n) is 20.6. The van der Waals surface area contributed by atoms with E-state index in [9.17, 15) is 14.6 Å². The van der Waals surface area contributed by atoms with Crippen LogP contribution in [0.25, 0.3) is 11.2 Å². The molecule has 56 heavy (non-hydrogen) atoms. The number of unbranched alkanes of at least 4 members (excludes halogenated alkanes) is 13. The molecule has 14 nitrogen and oxygen atoms in total. The fourth-order valence-corrected chi connectivity index (χ4v) is 7.68. The number of phosphoric acid groups is 1. The van der Waals surface area contributed by atoms with Gasteiger partial charge in [0.15, 0.2) is 28.9 Å². The molecule has 1 fully saturated rings. The molecule has 1 aliphatic rings. The summed E-state index contributed by atoms with van der Waals surface area (Å²) in [5.74, 6) is 0.273. The SMILES string of the molecule is CCCCCCCCCOCCCCCCCCCCC(COP(=O)(O)OC[C@H]1O[C@@H](n2cnc3c(NC)nc(N)nc32)[C@](C)(F)C1O)OCc1ccccc1. The number of fused-ring (bicyclic) bond motifs is 1. The minimum Gasteiger partial charge on any atom is -0.387 e. The van der Waals surface area contributed by atoms with E-state index >= 15 is 4.39 Å². The van der Waals surface area contributed by atoms with Gasteiger partial charge in [-0.15, -0.1) is 0 Å². The number of imidazole rings is 1. The summed E-state index contributed by atoms with van der Waals surface area (Å²) in [7, 11) is -3.01. The van der Waals surface area contributed by atoms with Crippen molar-refractivity contribution >= 4 is 30.8 Å². The minimum absolute atomic E-state index is 0.0662. The van der Waals surface area contributed by atoms with Crippen LogP contribution in [0.3, 0.4) is 0 Å². The number of nitrogens with zero attached hydrogens (tertiary/aromatic N) is 4. The number of phosphoric ester groups is 1. The predicted molar refractivity (Wildman–Crippen MR) is 216 cm³/mol. The van der Waals surface area contributed by atoms with E-state index < -0.39 is 44.6 Å². The Hall–Kier alpha value is -2.75. The smallest absolute Gasteiger partial charge is 0.387 e. The number of nitrogen functional groups attached to an aromatic ring is 1. The minimum atomic E-state index is -4.64. The molecular weight excluding hydrogens is 742 g/mol. The molecule has 6 atom stereocenters. The maximum atomic E-state index is 16.0. The number of alkyl halides is 1. The van der Waals surface area contributed by atoms with Gasteiger partial charge < -0.3 is 35.3 Å². The van der Waals surface area contributed by atoms with E-state index in [0.29, 0.717) is 24.4 Å². The third-order valence-corrected chi connectivity index (χ3v) is 11.2. The van der Waals surface area contributed by atoms with Crippen molar-refractivity contribution in [2.45, 2.75) is 153 Å². The maximum absolute atomic E-state index is 16.0. The number of hydrogen-bond donors (Lipinski definition) is 4. The lowest BCUT2D eigenvalue weighted by Gasteiger charge is -2.24. The molecule has 0 bridgehead atoms. The molecule has 1 aliphatic heterocycles. The molecule has 3 unspecified atom stereocenters. The van der Waals surface area contributed by atoms with Gasteiger partial charge in [-0.2, -0.15) is 9.97 Å². The number of ether oxygens (including phenoxy) is 3. The second kappa shape index (κ2) is 24.2. The lowest BCUT2D eigenvalue weighted by Crippen LogP contribution is -2.40. The van der Waals surface area contributed by atoms with Gasteiger partial charge in [-0.1, -0.05) is 121 Å². The van der Waals surface area contributed by atoms with E-state index in [-0.39, 0.29) is 18.2 Å². The van der Waals surface area contributed by atoms with Crippen LogP contribution in [-0.2, 0) is 34.4 Å². The molecule has 0 amide bonds. The summed E-state index contributed by atoms with van der Waals surface area (Å²) in [6.07, 6.45) is 15.1. The number of nitrogens with two attached hydrogens (primary N) is 1. The monoisotopic (exact) mass is 808 g/mol. The van der Waals surface area contributed by atoms with E-state index in [1.54, 1.807) is 7.05 Å². The van der Waals surface area contributed by atoms with Crippen molar-refractivity contribution in [2.75, 3.05) is 44.5 Å². The van der Waals surface area contributed by atoms with E-state index in [1.807, 2.05) is 30.3 Å². The van der Waals surface area contributed by atoms with Crippen molar-refractivity contribution in [2.24, 2.45) is 0 Å². The number of aromatic nitrogens is 4. The largest absolute Gasteiger partial charge is 0.472 e. The second-order valence-corrected chi connectivity index (χ2v) is 16.4. The molecule has 0 aliphatic carbocycles. The van der Waals surface area contributed by atoms with Gasteiger partial charge in [0, 0.05) is 20.3 Å². The van der Waals surface area contributed by atoms with Gasteiger partial charge in [0.2, 0.25) is 5.95 Å². The zero-order valence-corrected chi connectivity index (χ0v) is 34.6. The van der Waals surface area contributed by atoms with Crippen LogP contribution in [-0.4, -0.2) is 87.0 Å². The van der Waals surface area contributed by atoms with Crippen molar-refractivity contribution in [1.82, 2.24) is 19.5 Å². The molecule has 3 aromatic rings. The van der Waals surface area contributed by atoms with Crippen LogP contribution in [0.2, 0.25) is 0 Å². The van der Waals surface area contributed by atoms with E-state index in [0.717, 1.165) is 57.8 Å². The number of halogens is 1. The van der Waals surface area contributed by atoms with Gasteiger partial charge in [0.1, 0.15) is 12.2 Å². The fourth-order valence-electron chi connectivity index (χ4n) is 6.92. The molecule has 1 aromatic carbocycles. The summed E-state index contributed by atoms with van der Waals surface area (Å²) in [5, 5.41) is 13.7. The molecule has 16 heteroatoms. The fraction of sp³-hybridized carbons (Fsp3) is 0.725. The zero-order chi connectivity index (χ0) is 40.2. The highest BCUT2D eigenvalue weighted by molar-refractivity contribution is 7.47. The number of nitrogens with one attached hydrogen (secondary N) is 1. The number of aliphatic hydroxyl groups excluding tert-OH is 1. The van der Waals surface area contributed by atoms with Crippen molar-refractivity contribution in [3.8, 4) is 0 Å². The third-order valence-electron chi connectivity index (χ3n) is 10.3. The number of benzene rings is 1. The van der Waals surface area contributed by atoms with Crippen molar-refractivity contribution in [3.05, 3.63) is 42.2 Å². The van der Waals surface area contributed by atoms with Crippen LogP contribution in [0.4, 0.5) is 16.2 Å². The highest BCUT2D eigenvalue weighted by atomic mass is 31.2. The Balaban J connectivity index is 1.16. The number of aliphatic hydroxyl groups is 1. The van der Waals surface area contributed by atoms with Crippen LogP contribution < -0.4 is 11.1 Å². The zero-order valence-electron chi connectivity index (χ0n) is 33.7. The Labute approximate surface area is 332 Å². The molecule has 5 N–H and O–H groups in total. The predicted octanol–water partition coefficient (Wildman–Crippen LogP) is 8.43. The van der Waals surface area contributed by atoms with Crippen LogP contribution in [0.1, 0.15) is 128 Å². The van der Waals surface area contributed by atoms with Gasteiger partial charge in [-0.3, -0.25) is 13.6 Å². The Morgan fingerprint density at radius 1 is 0.964 bits per heavy atom. The number of rotatable bonds is 30. The molecule has 3 heterocycles. The van der Waals surface area contributed by atoms with Crippen LogP contribution in [0, 0.1) is 0 Å². The molecule has 4 rings (SSSR count). The maximum Gasteiger partial charge on any atom is 0.472 e. The highest BCUT2D eigenvalue weighted by Gasteiger charge is 2.56. The van der Waals surface area contributed by atoms with E-state index in [1.165, 1.54) is 75.1 Å². The normalized spacial score (nSPS) is 21.4. The first kappa shape index (κ1) is 45.9. The lowest BCUT2D eigenvalue weighted by atomic mass is 9.98. The van der Waals surface area contributed by atoms with Gasteiger partial charge in [0.25, 0.3) is 0 Å². The Kier molecular flexibility index (Phi) is 19.9. The average Bonchev–Trinajstić information content (AvgIpc) is 3.70. The van der Waals surface area contributed by atoms with Crippen molar-refractivity contribution in [3.63, 3.8) is 0 Å². The standard InChI is InChI=1S/C40H66FN6O8P/c1-4-5-6-7-11-14-20-25-51-26-21-15-12-9-8-10-13-19-24-32(52-27-31-22-17-16-18-23-31)28-53-56(49,50)54-29-33-35(48)40(2,41)38(55-33)47-30-44-34-36(43-3)45-39(42)46-37(34)47/h16-18,22-23,30,32-33,35,38,48H,4-15,19-21,24-29H2,1-3H3,(H,49,50)(H3,42,43,45,46)/t32?,33-,35?,38-,40-/m1/s1. The van der Waals surface area contributed by atoms with E-state index in [4.69, 9.17) is 29.0 Å². The molecule has 316 valence electrons. The average molecular weight is 809 g/mol. The first-order chi connectivity index (χ1) is 27.1. The van der Waals surface area contributed by atoms with Crippen LogP contribution >= 0.6 is 7.82 Å². The van der Waals surface area contributed by atoms with Crippen molar-refractivity contribution in [1.29, 1.82) is 0 Å². The summed E-state index contributed by atoms with van der Waals surface area (Å²) in [4.78, 5) is 23.1. The number of hydrogen-bond acceptors (Lipinski definition) is 12. The molecular formula is C40H66FN6O8P.